The number of carbonyl (C=O) groups is 1. The van der Waals surface area contributed by atoms with Gasteiger partial charge in [0, 0.05) is 19.6 Å². The van der Waals surface area contributed by atoms with Crippen LogP contribution in [0.3, 0.4) is 0 Å². The highest BCUT2D eigenvalue weighted by atomic mass is 35.5. The Morgan fingerprint density at radius 2 is 2.12 bits per heavy atom. The van der Waals surface area contributed by atoms with Crippen molar-refractivity contribution >= 4 is 45.1 Å². The largest absolute Gasteiger partial charge is 0.444 e. The van der Waals surface area contributed by atoms with Gasteiger partial charge in [-0.3, -0.25) is 0 Å². The summed E-state index contributed by atoms with van der Waals surface area (Å²) < 4.78 is 6.36. The number of hydrogen-bond acceptors (Lipinski definition) is 6. The van der Waals surface area contributed by atoms with Gasteiger partial charge in [0.2, 0.25) is 5.28 Å². The van der Waals surface area contributed by atoms with Crippen molar-refractivity contribution < 1.29 is 9.53 Å². The molecule has 1 saturated heterocycles. The standard InChI is InChI=1S/C17H23ClN4O2S/c1-17(2,3)24-16(23)19-10-11-4-7-22(8-5-11)14-13-12(6-9-25-13)20-15(18)21-14/h6,9,11H,4-5,7-8,10H2,1-3H3,(H,19,23). The number of fused-ring (bicyclic) bond motifs is 1. The van der Waals surface area contributed by atoms with Crippen LogP contribution in [-0.2, 0) is 4.74 Å². The highest BCUT2D eigenvalue weighted by molar-refractivity contribution is 7.17. The Labute approximate surface area is 156 Å². The fraction of sp³-hybridized carbons (Fsp3) is 0.588. The third-order valence-corrected chi connectivity index (χ3v) is 5.18. The van der Waals surface area contributed by atoms with E-state index in [0.717, 1.165) is 42.0 Å². The van der Waals surface area contributed by atoms with Gasteiger partial charge in [0.25, 0.3) is 0 Å². The number of hydrogen-bond donors (Lipinski definition) is 1. The first-order valence-corrected chi connectivity index (χ1v) is 9.70. The number of thiophene rings is 1. The Morgan fingerprint density at radius 1 is 1.40 bits per heavy atom. The van der Waals surface area contributed by atoms with Crippen molar-refractivity contribution in [1.29, 1.82) is 0 Å². The van der Waals surface area contributed by atoms with Crippen LogP contribution >= 0.6 is 22.9 Å². The van der Waals surface area contributed by atoms with Crippen LogP contribution in [0.1, 0.15) is 33.6 Å². The first-order chi connectivity index (χ1) is 11.8. The molecule has 3 rings (SSSR count). The van der Waals surface area contributed by atoms with Gasteiger partial charge in [0.05, 0.1) is 10.2 Å². The van der Waals surface area contributed by atoms with Gasteiger partial charge in [-0.15, -0.1) is 11.3 Å². The van der Waals surface area contributed by atoms with E-state index in [-0.39, 0.29) is 11.4 Å². The number of ether oxygens (including phenoxy) is 1. The molecule has 2 aromatic heterocycles. The molecule has 136 valence electrons. The van der Waals surface area contributed by atoms with Gasteiger partial charge in [-0.25, -0.2) is 9.78 Å². The lowest BCUT2D eigenvalue weighted by Gasteiger charge is -2.33. The summed E-state index contributed by atoms with van der Waals surface area (Å²) in [6.07, 6.45) is 1.63. The normalized spacial score (nSPS) is 16.2. The number of aromatic nitrogens is 2. The number of piperidine rings is 1. The molecule has 3 heterocycles. The molecule has 1 aliphatic rings. The average Bonchev–Trinajstić information content (AvgIpc) is 2.99. The van der Waals surface area contributed by atoms with Crippen molar-refractivity contribution in [3.8, 4) is 0 Å². The Bertz CT molecular complexity index is 751. The number of carbonyl (C=O) groups excluding carboxylic acids is 1. The van der Waals surface area contributed by atoms with Crippen LogP contribution in [0.2, 0.25) is 5.28 Å². The van der Waals surface area contributed by atoms with E-state index < -0.39 is 5.60 Å². The summed E-state index contributed by atoms with van der Waals surface area (Å²) in [6, 6.07) is 1.97. The predicted octanol–water partition coefficient (Wildman–Crippen LogP) is 4.09. The molecule has 0 saturated carbocycles. The molecule has 1 fully saturated rings. The van der Waals surface area contributed by atoms with Crippen molar-refractivity contribution in [3.63, 3.8) is 0 Å². The maximum Gasteiger partial charge on any atom is 0.407 e. The highest BCUT2D eigenvalue weighted by Gasteiger charge is 2.24. The molecule has 2 aromatic rings. The second-order valence-electron chi connectivity index (χ2n) is 7.26. The third-order valence-electron chi connectivity index (χ3n) is 4.11. The number of halogens is 1. The van der Waals surface area contributed by atoms with E-state index >= 15 is 0 Å². The monoisotopic (exact) mass is 382 g/mol. The summed E-state index contributed by atoms with van der Waals surface area (Å²) in [5.41, 5.74) is 0.431. The molecule has 0 aromatic carbocycles. The number of amides is 1. The Morgan fingerprint density at radius 3 is 2.80 bits per heavy atom. The van der Waals surface area contributed by atoms with E-state index in [0.29, 0.717) is 12.5 Å². The third kappa shape index (κ3) is 4.73. The summed E-state index contributed by atoms with van der Waals surface area (Å²) in [5.74, 6) is 1.36. The summed E-state index contributed by atoms with van der Waals surface area (Å²) >= 11 is 7.70. The molecule has 0 unspecified atom stereocenters. The van der Waals surface area contributed by atoms with Gasteiger partial charge in [-0.2, -0.15) is 4.98 Å². The Kier molecular flexibility index (Phi) is 5.34. The van der Waals surface area contributed by atoms with Gasteiger partial charge < -0.3 is 15.0 Å². The van der Waals surface area contributed by atoms with E-state index in [2.05, 4.69) is 20.2 Å². The summed E-state index contributed by atoms with van der Waals surface area (Å²) in [4.78, 5) is 22.7. The smallest absolute Gasteiger partial charge is 0.407 e. The van der Waals surface area contributed by atoms with Crippen LogP contribution in [0, 0.1) is 5.92 Å². The van der Waals surface area contributed by atoms with Crippen molar-refractivity contribution in [3.05, 3.63) is 16.7 Å². The SMILES string of the molecule is CC(C)(C)OC(=O)NCC1CCN(c2nc(Cl)nc3ccsc23)CC1. The zero-order valence-electron chi connectivity index (χ0n) is 14.7. The lowest BCUT2D eigenvalue weighted by molar-refractivity contribution is 0.0517. The molecule has 0 aliphatic carbocycles. The van der Waals surface area contributed by atoms with E-state index in [1.165, 1.54) is 0 Å². The lowest BCUT2D eigenvalue weighted by atomic mass is 9.97. The zero-order chi connectivity index (χ0) is 18.0. The molecule has 1 N–H and O–H groups in total. The molecule has 0 radical (unpaired) electrons. The minimum atomic E-state index is -0.466. The molecule has 6 nitrogen and oxygen atoms in total. The highest BCUT2D eigenvalue weighted by Crippen LogP contribution is 2.32. The lowest BCUT2D eigenvalue weighted by Crippen LogP contribution is -2.40. The molecule has 1 aliphatic heterocycles. The Balaban J connectivity index is 1.55. The van der Waals surface area contributed by atoms with Gasteiger partial charge >= 0.3 is 6.09 Å². The second-order valence-corrected chi connectivity index (χ2v) is 8.52. The second kappa shape index (κ2) is 7.33. The van der Waals surface area contributed by atoms with Crippen LogP contribution < -0.4 is 10.2 Å². The van der Waals surface area contributed by atoms with Crippen molar-refractivity contribution in [2.24, 2.45) is 5.92 Å². The maximum atomic E-state index is 11.8. The van der Waals surface area contributed by atoms with Gasteiger partial charge in [-0.1, -0.05) is 0 Å². The number of nitrogens with zero attached hydrogens (tertiary/aromatic N) is 3. The van der Waals surface area contributed by atoms with Crippen LogP contribution in [-0.4, -0.2) is 41.3 Å². The summed E-state index contributed by atoms with van der Waals surface area (Å²) in [5, 5.41) is 5.17. The Hall–Kier alpha value is -1.60. The van der Waals surface area contributed by atoms with Crippen molar-refractivity contribution in [2.45, 2.75) is 39.2 Å². The fourth-order valence-corrected chi connectivity index (χ4v) is 3.94. The first kappa shape index (κ1) is 18.2. The van der Waals surface area contributed by atoms with E-state index in [9.17, 15) is 4.79 Å². The van der Waals surface area contributed by atoms with Gasteiger partial charge in [-0.05, 0) is 62.6 Å². The van der Waals surface area contributed by atoms with Crippen LogP contribution in [0.5, 0.6) is 0 Å². The molecule has 0 spiro atoms. The molecule has 0 atom stereocenters. The maximum absolute atomic E-state index is 11.8. The minimum Gasteiger partial charge on any atom is -0.444 e. The van der Waals surface area contributed by atoms with Crippen molar-refractivity contribution in [2.75, 3.05) is 24.5 Å². The first-order valence-electron chi connectivity index (χ1n) is 8.44. The number of alkyl carbamates (subject to hydrolysis) is 1. The zero-order valence-corrected chi connectivity index (χ0v) is 16.3. The van der Waals surface area contributed by atoms with Gasteiger partial charge in [0.15, 0.2) is 5.82 Å². The molecular formula is C17H23ClN4O2S. The molecule has 0 bridgehead atoms. The molecule has 8 heteroatoms. The number of anilines is 1. The van der Waals surface area contributed by atoms with E-state index in [4.69, 9.17) is 16.3 Å². The average molecular weight is 383 g/mol. The van der Waals surface area contributed by atoms with Crippen molar-refractivity contribution in [1.82, 2.24) is 15.3 Å². The topological polar surface area (TPSA) is 67.3 Å². The van der Waals surface area contributed by atoms with Crippen LogP contribution in [0.25, 0.3) is 10.2 Å². The summed E-state index contributed by atoms with van der Waals surface area (Å²) in [7, 11) is 0. The predicted molar refractivity (Wildman–Crippen MR) is 102 cm³/mol. The minimum absolute atomic E-state index is 0.287. The molecular weight excluding hydrogens is 360 g/mol. The van der Waals surface area contributed by atoms with Crippen LogP contribution in [0.15, 0.2) is 11.4 Å². The molecule has 25 heavy (non-hydrogen) atoms. The van der Waals surface area contributed by atoms with E-state index in [1.54, 1.807) is 11.3 Å². The van der Waals surface area contributed by atoms with Crippen LogP contribution in [0.4, 0.5) is 10.6 Å². The fourth-order valence-electron chi connectivity index (χ4n) is 2.93. The quantitative estimate of drug-likeness (QED) is 0.810. The van der Waals surface area contributed by atoms with Gasteiger partial charge in [0.1, 0.15) is 5.60 Å². The van der Waals surface area contributed by atoms with E-state index in [1.807, 2.05) is 32.2 Å². The molecule has 1 amide bonds. The number of rotatable bonds is 3. The summed E-state index contributed by atoms with van der Waals surface area (Å²) in [6.45, 7) is 8.01. The number of nitrogens with one attached hydrogen (secondary N) is 1.